The highest BCUT2D eigenvalue weighted by Gasteiger charge is 2.45. The molecule has 4 nitrogen and oxygen atoms in total. The van der Waals surface area contributed by atoms with Crippen LogP contribution in [-0.4, -0.2) is 23.7 Å². The van der Waals surface area contributed by atoms with Crippen LogP contribution in [0.5, 0.6) is 5.75 Å². The molecule has 0 fully saturated rings. The number of hydrogen-bond acceptors (Lipinski definition) is 4. The van der Waals surface area contributed by atoms with Crippen molar-refractivity contribution in [1.82, 2.24) is 0 Å². The molecule has 0 saturated heterocycles. The summed E-state index contributed by atoms with van der Waals surface area (Å²) >= 11 is 0. The third-order valence-corrected chi connectivity index (χ3v) is 4.53. The zero-order valence-electron chi connectivity index (χ0n) is 14.1. The second kappa shape index (κ2) is 7.00. The van der Waals surface area contributed by atoms with E-state index in [0.717, 1.165) is 0 Å². The number of ketones is 2. The van der Waals surface area contributed by atoms with Crippen LogP contribution in [0.3, 0.4) is 0 Å². The van der Waals surface area contributed by atoms with Crippen molar-refractivity contribution < 1.29 is 28.0 Å². The van der Waals surface area contributed by atoms with E-state index in [9.17, 15) is 23.4 Å². The number of hydrogen-bond donors (Lipinski definition) is 1. The molecule has 26 heavy (non-hydrogen) atoms. The van der Waals surface area contributed by atoms with Gasteiger partial charge in [0.25, 0.3) is 0 Å². The highest BCUT2D eigenvalue weighted by Crippen LogP contribution is 2.39. The summed E-state index contributed by atoms with van der Waals surface area (Å²) in [5, 5.41) is 10.2. The molecular weight excluding hydrogens is 341 g/mol. The minimum Gasteiger partial charge on any atom is -0.535 e. The molecule has 1 aliphatic rings. The summed E-state index contributed by atoms with van der Waals surface area (Å²) in [4.78, 5) is 23.9. The van der Waals surface area contributed by atoms with Gasteiger partial charge in [-0.1, -0.05) is 42.5 Å². The van der Waals surface area contributed by atoms with Gasteiger partial charge in [0.2, 0.25) is 5.78 Å². The first-order chi connectivity index (χ1) is 12.3. The first-order valence-electron chi connectivity index (χ1n) is 8.25. The van der Waals surface area contributed by atoms with Gasteiger partial charge in [-0.05, 0) is 25.0 Å². The van der Waals surface area contributed by atoms with Crippen molar-refractivity contribution in [3.63, 3.8) is 0 Å². The Labute approximate surface area is 149 Å². The van der Waals surface area contributed by atoms with Crippen LogP contribution in [0.15, 0.2) is 48.5 Å². The number of rotatable bonds is 5. The van der Waals surface area contributed by atoms with E-state index < -0.39 is 31.1 Å². The van der Waals surface area contributed by atoms with E-state index in [0.29, 0.717) is 11.1 Å². The monoisotopic (exact) mass is 358 g/mol. The molecule has 0 saturated carbocycles. The number of benzene rings is 2. The highest BCUT2D eigenvalue weighted by molar-refractivity contribution is 6.47. The van der Waals surface area contributed by atoms with Gasteiger partial charge in [-0.15, -0.1) is 0 Å². The number of fused-ring (bicyclic) bond motifs is 1. The summed E-state index contributed by atoms with van der Waals surface area (Å²) in [6.07, 6.45) is -0.360. The van der Waals surface area contributed by atoms with Crippen molar-refractivity contribution in [3.05, 3.63) is 65.2 Å². The van der Waals surface area contributed by atoms with Gasteiger partial charge in [0, 0.05) is 17.8 Å². The minimum atomic E-state index is -3.64. The largest absolute Gasteiger partial charge is 0.535 e. The van der Waals surface area contributed by atoms with Crippen molar-refractivity contribution >= 4 is 18.7 Å². The quantitative estimate of drug-likeness (QED) is 0.657. The molecule has 3 rings (SSSR count). The maximum Gasteiger partial charge on any atom is 0.526 e. The van der Waals surface area contributed by atoms with E-state index in [-0.39, 0.29) is 23.5 Å². The fraction of sp³-hybridized carbons (Fsp3) is 0.263. The Bertz CT molecular complexity index is 839. The first-order valence-corrected chi connectivity index (χ1v) is 8.25. The summed E-state index contributed by atoms with van der Waals surface area (Å²) in [6.45, 7) is 1.38. The maximum absolute atomic E-state index is 14.4. The Morgan fingerprint density at radius 1 is 1.19 bits per heavy atom. The van der Waals surface area contributed by atoms with Crippen LogP contribution >= 0.6 is 0 Å². The first kappa shape index (κ1) is 18.3. The predicted molar refractivity (Wildman–Crippen MR) is 92.5 cm³/mol. The molecule has 1 atom stereocenters. The lowest BCUT2D eigenvalue weighted by molar-refractivity contribution is -0.144. The predicted octanol–water partition coefficient (Wildman–Crippen LogP) is 3.43. The molecule has 1 heterocycles. The van der Waals surface area contributed by atoms with Gasteiger partial charge in [0.05, 0.1) is 5.56 Å². The Morgan fingerprint density at radius 2 is 1.88 bits per heavy atom. The fourth-order valence-corrected chi connectivity index (χ4v) is 3.11. The molecule has 0 aromatic heterocycles. The maximum atomic E-state index is 14.4. The van der Waals surface area contributed by atoms with Crippen molar-refractivity contribution in [2.75, 3.05) is 0 Å². The zero-order chi connectivity index (χ0) is 18.9. The molecule has 0 amide bonds. The van der Waals surface area contributed by atoms with Gasteiger partial charge in [-0.25, -0.2) is 0 Å². The Hall–Kier alpha value is -2.54. The second-order valence-corrected chi connectivity index (χ2v) is 6.39. The van der Waals surface area contributed by atoms with Crippen molar-refractivity contribution in [3.8, 4) is 5.75 Å². The lowest BCUT2D eigenvalue weighted by atomic mass is 9.64. The summed E-state index contributed by atoms with van der Waals surface area (Å²) in [6, 6.07) is 11.8. The smallest absolute Gasteiger partial charge is 0.526 e. The summed E-state index contributed by atoms with van der Waals surface area (Å²) in [7, 11) is -1.43. The molecule has 2 aromatic carbocycles. The minimum absolute atomic E-state index is 0.175. The number of carbonyl (C=O) groups is 2. The molecule has 0 unspecified atom stereocenters. The fourth-order valence-electron chi connectivity index (χ4n) is 3.11. The summed E-state index contributed by atoms with van der Waals surface area (Å²) in [5.41, 5.74) is 0.556. The standard InChI is InChI=1S/C19H17BF2O4/c1-12(23)16-9-5-6-13-10-15(20(25)26-18(13)16)11-17(24)19(21,22)14-7-3-2-4-8-14/h2-9,15,25H,10-11H2,1H3/t15-/m1/s1. The van der Waals surface area contributed by atoms with Crippen LogP contribution in [0.25, 0.3) is 0 Å². The van der Waals surface area contributed by atoms with E-state index in [1.807, 2.05) is 0 Å². The molecular formula is C19H17BF2O4. The summed E-state index contributed by atoms with van der Waals surface area (Å²) < 4.78 is 34.2. The van der Waals surface area contributed by atoms with Crippen molar-refractivity contribution in [2.45, 2.75) is 31.5 Å². The molecule has 7 heteroatoms. The van der Waals surface area contributed by atoms with Gasteiger partial charge in [0.15, 0.2) is 5.78 Å². The number of Topliss-reactive ketones (excluding diaryl/α,β-unsaturated/α-hetero) is 2. The summed E-state index contributed by atoms with van der Waals surface area (Å²) in [5.74, 6) is -5.69. The number of carbonyl (C=O) groups excluding carboxylic acids is 2. The average molecular weight is 358 g/mol. The highest BCUT2D eigenvalue weighted by atomic mass is 19.3. The molecule has 134 valence electrons. The molecule has 1 aliphatic heterocycles. The van der Waals surface area contributed by atoms with Gasteiger partial charge in [-0.3, -0.25) is 9.59 Å². The Balaban J connectivity index is 1.80. The molecule has 0 bridgehead atoms. The SMILES string of the molecule is CC(=O)c1cccc2c1OB(O)[C@@H](CC(=O)C(F)(F)c1ccccc1)C2. The van der Waals surface area contributed by atoms with Gasteiger partial charge in [0.1, 0.15) is 5.75 Å². The lowest BCUT2D eigenvalue weighted by Crippen LogP contribution is -2.38. The van der Waals surface area contributed by atoms with Crippen LogP contribution in [0.4, 0.5) is 8.78 Å². The number of halogens is 2. The van der Waals surface area contributed by atoms with Crippen LogP contribution in [0, 0.1) is 0 Å². The van der Waals surface area contributed by atoms with E-state index in [1.165, 1.54) is 31.2 Å². The van der Waals surface area contributed by atoms with E-state index in [4.69, 9.17) is 4.65 Å². The Kier molecular flexibility index (Phi) is 4.91. The molecule has 0 aliphatic carbocycles. The second-order valence-electron chi connectivity index (χ2n) is 6.39. The van der Waals surface area contributed by atoms with E-state index in [2.05, 4.69) is 0 Å². The third-order valence-electron chi connectivity index (χ3n) is 4.53. The molecule has 0 spiro atoms. The van der Waals surface area contributed by atoms with Crippen LogP contribution in [-0.2, 0) is 17.1 Å². The lowest BCUT2D eigenvalue weighted by Gasteiger charge is -2.29. The topological polar surface area (TPSA) is 63.6 Å². The average Bonchev–Trinajstić information content (AvgIpc) is 2.62. The third kappa shape index (κ3) is 3.39. The van der Waals surface area contributed by atoms with Crippen LogP contribution < -0.4 is 4.65 Å². The van der Waals surface area contributed by atoms with Crippen molar-refractivity contribution in [1.29, 1.82) is 0 Å². The molecule has 0 radical (unpaired) electrons. The normalized spacial score (nSPS) is 16.6. The van der Waals surface area contributed by atoms with Gasteiger partial charge >= 0.3 is 13.0 Å². The van der Waals surface area contributed by atoms with Gasteiger partial charge < -0.3 is 9.68 Å². The molecule has 1 N–H and O–H groups in total. The number of para-hydroxylation sites is 1. The van der Waals surface area contributed by atoms with E-state index in [1.54, 1.807) is 24.3 Å². The van der Waals surface area contributed by atoms with E-state index >= 15 is 0 Å². The zero-order valence-corrected chi connectivity index (χ0v) is 14.1. The van der Waals surface area contributed by atoms with Crippen molar-refractivity contribution in [2.24, 2.45) is 0 Å². The molecule has 2 aromatic rings. The van der Waals surface area contributed by atoms with Crippen LogP contribution in [0.2, 0.25) is 5.82 Å². The Morgan fingerprint density at radius 3 is 2.54 bits per heavy atom. The number of alkyl halides is 2. The van der Waals surface area contributed by atoms with Crippen LogP contribution in [0.1, 0.15) is 34.8 Å². The van der Waals surface area contributed by atoms with Gasteiger partial charge in [-0.2, -0.15) is 8.78 Å².